The number of carbonyl (C=O) groups excluding carboxylic acids is 1. The van der Waals surface area contributed by atoms with Gasteiger partial charge in [-0.1, -0.05) is 35.9 Å². The van der Waals surface area contributed by atoms with Gasteiger partial charge in [0.2, 0.25) is 5.36 Å². The number of halogens is 1. The Labute approximate surface area is 282 Å². The lowest BCUT2D eigenvalue weighted by Gasteiger charge is -2.22. The van der Waals surface area contributed by atoms with Crippen LogP contribution in [0.2, 0.25) is 0 Å². The second-order valence-corrected chi connectivity index (χ2v) is 12.6. The Kier molecular flexibility index (Phi) is 12.5. The molecule has 0 bridgehead atoms. The highest BCUT2D eigenvalue weighted by Gasteiger charge is 2.23. The summed E-state index contributed by atoms with van der Waals surface area (Å²) in [4.78, 5) is 15.1. The summed E-state index contributed by atoms with van der Waals surface area (Å²) in [6, 6.07) is 25.8. The van der Waals surface area contributed by atoms with Gasteiger partial charge >= 0.3 is 5.97 Å². The van der Waals surface area contributed by atoms with Gasteiger partial charge in [-0.25, -0.2) is 17.8 Å². The van der Waals surface area contributed by atoms with Gasteiger partial charge in [-0.05, 0) is 76.6 Å². The number of hydrogen-bond acceptors (Lipinski definition) is 7. The number of rotatable bonds is 11. The van der Waals surface area contributed by atoms with Gasteiger partial charge in [0.15, 0.2) is 0 Å². The lowest BCUT2D eigenvalue weighted by Crippen LogP contribution is -2.29. The zero-order valence-corrected chi connectivity index (χ0v) is 29.0. The first-order valence-corrected chi connectivity index (χ1v) is 17.7. The van der Waals surface area contributed by atoms with E-state index in [4.69, 9.17) is 9.15 Å². The molecule has 0 fully saturated rings. The Morgan fingerprint density at radius 1 is 0.896 bits per heavy atom. The Balaban J connectivity index is 0.000000401. The highest BCUT2D eigenvalue weighted by atomic mass is 32.2. The van der Waals surface area contributed by atoms with Crippen molar-refractivity contribution in [3.05, 3.63) is 101 Å². The topological polar surface area (TPSA) is 103 Å². The highest BCUT2D eigenvalue weighted by Crippen LogP contribution is 2.42. The zero-order valence-electron chi connectivity index (χ0n) is 28.2. The Bertz CT molecular complexity index is 1990. The number of anilines is 1. The minimum Gasteiger partial charge on any atom is -0.744 e. The van der Waals surface area contributed by atoms with Crippen molar-refractivity contribution in [3.8, 4) is 22.5 Å². The van der Waals surface area contributed by atoms with E-state index < -0.39 is 22.8 Å². The van der Waals surface area contributed by atoms with E-state index in [1.54, 1.807) is 18.2 Å². The van der Waals surface area contributed by atoms with Gasteiger partial charge in [0.25, 0.3) is 0 Å². The van der Waals surface area contributed by atoms with Crippen molar-refractivity contribution in [2.75, 3.05) is 44.4 Å². The fourth-order valence-corrected chi connectivity index (χ4v) is 6.08. The number of carbonyl (C=O) groups is 1. The number of fused-ring (bicyclic) bond motifs is 2. The summed E-state index contributed by atoms with van der Waals surface area (Å²) in [5, 5.41) is 2.01. The van der Waals surface area contributed by atoms with Crippen LogP contribution >= 0.6 is 0 Å². The van der Waals surface area contributed by atoms with Crippen LogP contribution in [-0.4, -0.2) is 58.4 Å². The highest BCUT2D eigenvalue weighted by molar-refractivity contribution is 7.85. The molecule has 254 valence electrons. The number of nitrogens with zero attached hydrogens (tertiary/aromatic N) is 2. The van der Waals surface area contributed by atoms with E-state index in [0.717, 1.165) is 76.2 Å². The summed E-state index contributed by atoms with van der Waals surface area (Å²) in [6.07, 6.45) is 0.187. The van der Waals surface area contributed by atoms with Crippen LogP contribution in [0.25, 0.3) is 33.4 Å². The molecule has 5 rings (SSSR count). The first-order chi connectivity index (χ1) is 23.1. The van der Waals surface area contributed by atoms with E-state index in [-0.39, 0.29) is 17.9 Å². The molecule has 48 heavy (non-hydrogen) atoms. The van der Waals surface area contributed by atoms with E-state index in [0.29, 0.717) is 5.56 Å². The third-order valence-electron chi connectivity index (χ3n) is 8.18. The molecule has 0 unspecified atom stereocenters. The minimum atomic E-state index is -4.27. The number of aryl methyl sites for hydroxylation is 1. The molecule has 0 saturated carbocycles. The average Bonchev–Trinajstić information content (AvgIpc) is 3.08. The predicted octanol–water partition coefficient (Wildman–Crippen LogP) is 7.28. The van der Waals surface area contributed by atoms with Crippen molar-refractivity contribution >= 4 is 32.7 Å². The molecule has 0 atom stereocenters. The summed E-state index contributed by atoms with van der Waals surface area (Å²) in [6.45, 7) is 13.5. The third kappa shape index (κ3) is 8.48. The predicted molar refractivity (Wildman–Crippen MR) is 188 cm³/mol. The molecule has 0 N–H and O–H groups in total. The summed E-state index contributed by atoms with van der Waals surface area (Å²) < 4.78 is 58.0. The number of benzene rings is 4. The van der Waals surface area contributed by atoms with Gasteiger partial charge in [-0.2, -0.15) is 0 Å². The first kappa shape index (κ1) is 36.3. The smallest absolute Gasteiger partial charge is 0.338 e. The van der Waals surface area contributed by atoms with E-state index >= 15 is 0 Å². The largest absolute Gasteiger partial charge is 0.744 e. The summed E-state index contributed by atoms with van der Waals surface area (Å²) in [5.41, 5.74) is 5.84. The maximum absolute atomic E-state index is 13.0. The number of ether oxygens (including phenoxy) is 1. The van der Waals surface area contributed by atoms with Crippen molar-refractivity contribution in [2.24, 2.45) is 0 Å². The number of esters is 1. The second kappa shape index (κ2) is 16.5. The molecule has 1 aliphatic carbocycles. The molecular formula is C38H43FN2O6S. The average molecular weight is 675 g/mol. The van der Waals surface area contributed by atoms with Crippen molar-refractivity contribution in [3.63, 3.8) is 0 Å². The van der Waals surface area contributed by atoms with Crippen LogP contribution in [0.1, 0.15) is 50.0 Å². The van der Waals surface area contributed by atoms with Gasteiger partial charge in [0.1, 0.15) is 34.6 Å². The Morgan fingerprint density at radius 2 is 1.58 bits per heavy atom. The third-order valence-corrected chi connectivity index (χ3v) is 9.03. The maximum Gasteiger partial charge on any atom is 0.338 e. The number of hydrogen-bond donors (Lipinski definition) is 0. The van der Waals surface area contributed by atoms with Crippen LogP contribution in [0.5, 0.6) is 0 Å². The standard InChI is InChI=1S/C31H36FN2O3.C7H8O3S/c1-5-33(6-2)22-14-16-26-28(20-22)37-29-21-23(34(7-3)8-4)15-17-27(29)30(26)24-12-9-10-13-25(24)31(35)36-19-11-18-32;1-6-2-4-7(5-3-6)11(8,9)10/h9-10,12-17,20-21H,5-8,11,18-19H2,1-4H3;2-5H,1H3,(H,8,9,10)/q+1;/p-1. The van der Waals surface area contributed by atoms with Crippen molar-refractivity contribution in [2.45, 2.75) is 45.9 Å². The van der Waals surface area contributed by atoms with Gasteiger partial charge in [0, 0.05) is 53.8 Å². The lowest BCUT2D eigenvalue weighted by atomic mass is 9.90. The molecule has 8 nitrogen and oxygen atoms in total. The quantitative estimate of drug-likeness (QED) is 0.0477. The molecule has 2 aliphatic rings. The van der Waals surface area contributed by atoms with Crippen molar-refractivity contribution in [1.29, 1.82) is 0 Å². The van der Waals surface area contributed by atoms with E-state index in [2.05, 4.69) is 73.6 Å². The molecule has 0 amide bonds. The molecule has 0 aromatic heterocycles. The maximum atomic E-state index is 13.0. The van der Waals surface area contributed by atoms with Gasteiger partial charge in [-0.15, -0.1) is 0 Å². The normalized spacial score (nSPS) is 11.2. The first-order valence-electron chi connectivity index (χ1n) is 16.2. The lowest BCUT2D eigenvalue weighted by molar-refractivity contribution is 0.0495. The molecule has 3 aromatic carbocycles. The van der Waals surface area contributed by atoms with E-state index in [9.17, 15) is 22.2 Å². The van der Waals surface area contributed by atoms with Crippen LogP contribution in [0.15, 0.2) is 94.2 Å². The van der Waals surface area contributed by atoms with E-state index in [1.165, 1.54) is 12.1 Å². The van der Waals surface area contributed by atoms with Crippen molar-refractivity contribution in [1.82, 2.24) is 4.58 Å². The van der Waals surface area contributed by atoms with Crippen LogP contribution in [0.4, 0.5) is 10.1 Å². The monoisotopic (exact) mass is 674 g/mol. The minimum absolute atomic E-state index is 0.0513. The Hall–Kier alpha value is -4.54. The molecule has 0 spiro atoms. The van der Waals surface area contributed by atoms with Crippen LogP contribution in [0.3, 0.4) is 0 Å². The van der Waals surface area contributed by atoms with Gasteiger partial charge in [0.05, 0.1) is 29.8 Å². The zero-order chi connectivity index (χ0) is 34.8. The fraction of sp³-hybridized carbons (Fsp3) is 0.316. The summed E-state index contributed by atoms with van der Waals surface area (Å²) in [7, 11) is -4.27. The SMILES string of the molecule is CCN(CC)c1ccc2c(-c3ccccc3C(=O)OCCCF)c3ccc(=[N+](CC)CC)cc-3oc2c1.Cc1ccc(S(=O)(=O)[O-])cc1. The molecule has 1 heterocycles. The van der Waals surface area contributed by atoms with Crippen molar-refractivity contribution < 1.29 is 31.3 Å². The molecule has 3 aromatic rings. The van der Waals surface area contributed by atoms with Crippen LogP contribution < -0.4 is 14.8 Å². The number of alkyl halides is 1. The van der Waals surface area contributed by atoms with Crippen LogP contribution in [-0.2, 0) is 14.9 Å². The van der Waals surface area contributed by atoms with Gasteiger partial charge < -0.3 is 18.6 Å². The molecular weight excluding hydrogens is 631 g/mol. The molecule has 0 radical (unpaired) electrons. The molecule has 1 aliphatic heterocycles. The summed E-state index contributed by atoms with van der Waals surface area (Å²) >= 11 is 0. The summed E-state index contributed by atoms with van der Waals surface area (Å²) in [5.74, 6) is 0.301. The molecule has 10 heteroatoms. The second-order valence-electron chi connectivity index (χ2n) is 11.2. The van der Waals surface area contributed by atoms with E-state index in [1.807, 2.05) is 25.1 Å². The van der Waals surface area contributed by atoms with Gasteiger partial charge in [-0.3, -0.25) is 4.39 Å². The fourth-order valence-electron chi connectivity index (χ4n) is 5.61. The molecule has 0 saturated heterocycles. The van der Waals surface area contributed by atoms with Crippen LogP contribution in [0, 0.1) is 6.92 Å². The Morgan fingerprint density at radius 3 is 2.21 bits per heavy atom.